The van der Waals surface area contributed by atoms with Crippen LogP contribution in [0.1, 0.15) is 33.5 Å². The minimum absolute atomic E-state index is 0.411. The first kappa shape index (κ1) is 10.2. The summed E-state index contributed by atoms with van der Waals surface area (Å²) in [4.78, 5) is 0. The van der Waals surface area contributed by atoms with Crippen LogP contribution in [0.25, 0.3) is 0 Å². The van der Waals surface area contributed by atoms with Gasteiger partial charge in [-0.15, -0.1) is 10.2 Å². The molecular formula is C9H18N4. The van der Waals surface area contributed by atoms with Crippen LogP contribution < -0.4 is 5.73 Å². The summed E-state index contributed by atoms with van der Waals surface area (Å²) >= 11 is 0. The molecule has 0 spiro atoms. The minimum atomic E-state index is -0.411. The third-order valence-electron chi connectivity index (χ3n) is 1.75. The molecule has 0 saturated carbocycles. The zero-order valence-corrected chi connectivity index (χ0v) is 8.78. The normalized spacial score (nSPS) is 12.5. The average molecular weight is 182 g/mol. The number of hydrogen-bond donors (Lipinski definition) is 1. The SMILES string of the molecule is CC(C)Cn1cnnc1C(C)(C)N. The Balaban J connectivity index is 2.90. The Morgan fingerprint density at radius 2 is 2.15 bits per heavy atom. The third-order valence-corrected chi connectivity index (χ3v) is 1.75. The highest BCUT2D eigenvalue weighted by Gasteiger charge is 2.21. The molecule has 0 saturated heterocycles. The highest BCUT2D eigenvalue weighted by atomic mass is 15.3. The molecule has 0 fully saturated rings. The van der Waals surface area contributed by atoms with Crippen molar-refractivity contribution in [3.05, 3.63) is 12.2 Å². The van der Waals surface area contributed by atoms with Crippen LogP contribution in [-0.2, 0) is 12.1 Å². The Bertz CT molecular complexity index is 269. The van der Waals surface area contributed by atoms with Crippen molar-refractivity contribution in [2.75, 3.05) is 0 Å². The summed E-state index contributed by atoms with van der Waals surface area (Å²) in [6, 6.07) is 0. The van der Waals surface area contributed by atoms with Crippen LogP contribution in [0.15, 0.2) is 6.33 Å². The fourth-order valence-electron chi connectivity index (χ4n) is 1.28. The first-order chi connectivity index (χ1) is 5.91. The third kappa shape index (κ3) is 2.52. The fourth-order valence-corrected chi connectivity index (χ4v) is 1.28. The molecule has 4 heteroatoms. The van der Waals surface area contributed by atoms with E-state index in [0.29, 0.717) is 5.92 Å². The van der Waals surface area contributed by atoms with Crippen LogP contribution in [0.4, 0.5) is 0 Å². The van der Waals surface area contributed by atoms with Gasteiger partial charge in [-0.2, -0.15) is 0 Å². The summed E-state index contributed by atoms with van der Waals surface area (Å²) in [7, 11) is 0. The summed E-state index contributed by atoms with van der Waals surface area (Å²) < 4.78 is 2.02. The predicted molar refractivity (Wildman–Crippen MR) is 52.1 cm³/mol. The molecule has 0 aliphatic carbocycles. The second-order valence-electron chi connectivity index (χ2n) is 4.42. The van der Waals surface area contributed by atoms with Gasteiger partial charge in [-0.25, -0.2) is 0 Å². The van der Waals surface area contributed by atoms with Gasteiger partial charge in [-0.3, -0.25) is 0 Å². The van der Waals surface area contributed by atoms with Crippen LogP contribution in [0, 0.1) is 5.92 Å². The van der Waals surface area contributed by atoms with E-state index in [4.69, 9.17) is 5.73 Å². The monoisotopic (exact) mass is 182 g/mol. The van der Waals surface area contributed by atoms with Gasteiger partial charge in [0.1, 0.15) is 6.33 Å². The molecule has 13 heavy (non-hydrogen) atoms. The van der Waals surface area contributed by atoms with Gasteiger partial charge in [0.2, 0.25) is 0 Å². The molecule has 74 valence electrons. The molecule has 0 atom stereocenters. The lowest BCUT2D eigenvalue weighted by molar-refractivity contribution is 0.437. The lowest BCUT2D eigenvalue weighted by Crippen LogP contribution is -2.33. The van der Waals surface area contributed by atoms with Crippen LogP contribution in [0.3, 0.4) is 0 Å². The van der Waals surface area contributed by atoms with Crippen LogP contribution in [-0.4, -0.2) is 14.8 Å². The molecule has 1 rings (SSSR count). The van der Waals surface area contributed by atoms with E-state index in [9.17, 15) is 0 Å². The van der Waals surface area contributed by atoms with E-state index in [1.807, 2.05) is 18.4 Å². The first-order valence-corrected chi connectivity index (χ1v) is 4.58. The first-order valence-electron chi connectivity index (χ1n) is 4.58. The van der Waals surface area contributed by atoms with Gasteiger partial charge in [-0.05, 0) is 19.8 Å². The average Bonchev–Trinajstić information content (AvgIpc) is 2.31. The van der Waals surface area contributed by atoms with E-state index in [1.165, 1.54) is 0 Å². The maximum Gasteiger partial charge on any atom is 0.152 e. The van der Waals surface area contributed by atoms with Gasteiger partial charge in [0, 0.05) is 6.54 Å². The zero-order valence-electron chi connectivity index (χ0n) is 8.78. The lowest BCUT2D eigenvalue weighted by atomic mass is 10.1. The second-order valence-corrected chi connectivity index (χ2v) is 4.42. The molecular weight excluding hydrogens is 164 g/mol. The summed E-state index contributed by atoms with van der Waals surface area (Å²) in [5.74, 6) is 1.43. The van der Waals surface area contributed by atoms with Gasteiger partial charge in [0.05, 0.1) is 5.54 Å². The lowest BCUT2D eigenvalue weighted by Gasteiger charge is -2.19. The van der Waals surface area contributed by atoms with Gasteiger partial charge in [0.25, 0.3) is 0 Å². The number of rotatable bonds is 3. The molecule has 0 aliphatic heterocycles. The smallest absolute Gasteiger partial charge is 0.152 e. The zero-order chi connectivity index (χ0) is 10.1. The molecule has 1 heterocycles. The number of hydrogen-bond acceptors (Lipinski definition) is 3. The Kier molecular flexibility index (Phi) is 2.71. The number of aromatic nitrogens is 3. The van der Waals surface area contributed by atoms with Crippen LogP contribution >= 0.6 is 0 Å². The molecule has 0 radical (unpaired) electrons. The topological polar surface area (TPSA) is 56.7 Å². The van der Waals surface area contributed by atoms with E-state index in [-0.39, 0.29) is 0 Å². The van der Waals surface area contributed by atoms with Crippen LogP contribution in [0.5, 0.6) is 0 Å². The van der Waals surface area contributed by atoms with Crippen molar-refractivity contribution in [2.45, 2.75) is 39.8 Å². The molecule has 4 nitrogen and oxygen atoms in total. The van der Waals surface area contributed by atoms with Crippen molar-refractivity contribution >= 4 is 0 Å². The van der Waals surface area contributed by atoms with Crippen molar-refractivity contribution < 1.29 is 0 Å². The van der Waals surface area contributed by atoms with E-state index in [1.54, 1.807) is 6.33 Å². The molecule has 0 unspecified atom stereocenters. The summed E-state index contributed by atoms with van der Waals surface area (Å²) in [6.07, 6.45) is 1.74. The summed E-state index contributed by atoms with van der Waals surface area (Å²) in [6.45, 7) is 9.12. The molecule has 0 bridgehead atoms. The van der Waals surface area contributed by atoms with Gasteiger partial charge in [0.15, 0.2) is 5.82 Å². The molecule has 2 N–H and O–H groups in total. The van der Waals surface area contributed by atoms with Gasteiger partial charge in [-0.1, -0.05) is 13.8 Å². The Morgan fingerprint density at radius 3 is 2.62 bits per heavy atom. The second kappa shape index (κ2) is 3.46. The largest absolute Gasteiger partial charge is 0.319 e. The molecule has 1 aromatic rings. The number of nitrogens with two attached hydrogens (primary N) is 1. The Morgan fingerprint density at radius 1 is 1.54 bits per heavy atom. The molecule has 0 aromatic carbocycles. The predicted octanol–water partition coefficient (Wildman–Crippen LogP) is 1.13. The maximum atomic E-state index is 5.95. The highest BCUT2D eigenvalue weighted by Crippen LogP contribution is 2.14. The summed E-state index contributed by atoms with van der Waals surface area (Å²) in [5.41, 5.74) is 5.54. The van der Waals surface area contributed by atoms with E-state index < -0.39 is 5.54 Å². The maximum absolute atomic E-state index is 5.95. The van der Waals surface area contributed by atoms with Gasteiger partial charge >= 0.3 is 0 Å². The number of nitrogens with zero attached hydrogens (tertiary/aromatic N) is 3. The van der Waals surface area contributed by atoms with E-state index in [2.05, 4.69) is 24.0 Å². The fraction of sp³-hybridized carbons (Fsp3) is 0.778. The Hall–Kier alpha value is -0.900. The highest BCUT2D eigenvalue weighted by molar-refractivity contribution is 5.00. The van der Waals surface area contributed by atoms with Crippen LogP contribution in [0.2, 0.25) is 0 Å². The van der Waals surface area contributed by atoms with Crippen molar-refractivity contribution in [3.63, 3.8) is 0 Å². The summed E-state index contributed by atoms with van der Waals surface area (Å²) in [5, 5.41) is 7.90. The van der Waals surface area contributed by atoms with Gasteiger partial charge < -0.3 is 10.3 Å². The molecule has 1 aromatic heterocycles. The molecule has 0 aliphatic rings. The van der Waals surface area contributed by atoms with Crippen molar-refractivity contribution in [1.82, 2.24) is 14.8 Å². The molecule has 0 amide bonds. The van der Waals surface area contributed by atoms with E-state index in [0.717, 1.165) is 12.4 Å². The minimum Gasteiger partial charge on any atom is -0.319 e. The quantitative estimate of drug-likeness (QED) is 0.762. The van der Waals surface area contributed by atoms with Crippen molar-refractivity contribution in [3.8, 4) is 0 Å². The Labute approximate surface area is 79.2 Å². The standard InChI is InChI=1S/C9H18N4/c1-7(2)5-13-6-11-12-8(13)9(3,4)10/h6-7H,5,10H2,1-4H3. The van der Waals surface area contributed by atoms with Crippen molar-refractivity contribution in [1.29, 1.82) is 0 Å². The van der Waals surface area contributed by atoms with Crippen molar-refractivity contribution in [2.24, 2.45) is 11.7 Å². The van der Waals surface area contributed by atoms with E-state index >= 15 is 0 Å².